The molecule has 0 amide bonds. The number of carbonyl (C=O) groups is 4. The molecule has 3 aromatic rings. The number of rotatable bonds is 13. The summed E-state index contributed by atoms with van der Waals surface area (Å²) in [6, 6.07) is 20.6. The van der Waals surface area contributed by atoms with Crippen LogP contribution in [0.25, 0.3) is 23.3 Å². The average Bonchev–Trinajstić information content (AvgIpc) is 3.29. The summed E-state index contributed by atoms with van der Waals surface area (Å²) in [6.07, 6.45) is 9.60. The Balaban J connectivity index is 1.01. The van der Waals surface area contributed by atoms with Crippen LogP contribution in [0.5, 0.6) is 5.75 Å². The van der Waals surface area contributed by atoms with E-state index in [2.05, 4.69) is 100 Å². The number of aliphatic carboxylic acids is 1. The van der Waals surface area contributed by atoms with Gasteiger partial charge in [0.25, 0.3) is 0 Å². The van der Waals surface area contributed by atoms with Gasteiger partial charge in [0.1, 0.15) is 11.8 Å². The average molecular weight is 923 g/mol. The minimum absolute atomic E-state index is 0.0380. The second-order valence-electron chi connectivity index (χ2n) is 17.2. The summed E-state index contributed by atoms with van der Waals surface area (Å²) in [7, 11) is 0. The molecule has 15 heteroatoms. The molecule has 0 aliphatic carbocycles. The van der Waals surface area contributed by atoms with Gasteiger partial charge in [-0.2, -0.15) is 0 Å². The summed E-state index contributed by atoms with van der Waals surface area (Å²) in [5.74, 6) is -1.57. The van der Waals surface area contributed by atoms with Crippen molar-refractivity contribution in [1.29, 1.82) is 0 Å². The van der Waals surface area contributed by atoms with Crippen molar-refractivity contribution in [2.24, 2.45) is 0 Å². The fourth-order valence-electron chi connectivity index (χ4n) is 8.95. The van der Waals surface area contributed by atoms with Crippen molar-refractivity contribution in [3.8, 4) is 16.9 Å². The Morgan fingerprint density at radius 3 is 1.98 bits per heavy atom. The van der Waals surface area contributed by atoms with Crippen LogP contribution in [0.4, 0.5) is 0 Å². The zero-order valence-electron chi connectivity index (χ0n) is 36.9. The zero-order valence-corrected chi connectivity index (χ0v) is 39.3. The molecular weight excluding hydrogens is 860 g/mol. The van der Waals surface area contributed by atoms with Crippen LogP contribution in [-0.2, 0) is 36.3 Å². The molecule has 4 aliphatic heterocycles. The molecular formula is C48H62GaN5O9. The largest absolute Gasteiger partial charge is 0.0622 e. The van der Waals surface area contributed by atoms with Gasteiger partial charge < -0.3 is 9.84 Å². The Kier molecular flexibility index (Phi) is 16.9. The number of hydrogen-bond donors (Lipinski definition) is 1. The Morgan fingerprint density at radius 2 is 1.35 bits per heavy atom. The number of aryl methyl sites for hydroxylation is 1. The molecule has 7 rings (SSSR count). The monoisotopic (exact) mass is 921 g/mol. The van der Waals surface area contributed by atoms with Crippen molar-refractivity contribution in [3.63, 3.8) is 0 Å². The number of hydrogen-bond acceptors (Lipinski definition) is 13. The number of carbonyl (C=O) groups excluding carboxylic acids is 3. The van der Waals surface area contributed by atoms with Gasteiger partial charge in [0.15, 0.2) is 0 Å². The van der Waals surface area contributed by atoms with E-state index in [0.29, 0.717) is 58.8 Å². The van der Waals surface area contributed by atoms with Crippen LogP contribution in [0.3, 0.4) is 0 Å². The van der Waals surface area contributed by atoms with Gasteiger partial charge in [-0.25, -0.2) is 0 Å². The normalized spacial score (nSPS) is 23.2. The van der Waals surface area contributed by atoms with E-state index in [1.807, 2.05) is 11.0 Å². The molecule has 2 unspecified atom stereocenters. The molecule has 4 fully saturated rings. The first kappa shape index (κ1) is 46.5. The molecule has 63 heavy (non-hydrogen) atoms. The van der Waals surface area contributed by atoms with Gasteiger partial charge in [-0.05, 0) is 72.7 Å². The Bertz CT molecular complexity index is 2050. The second kappa shape index (κ2) is 22.9. The SMILES string of the molecule is Cc1cc(CN2CCCC[C@H]2C(=O)O)c(OCCCCCN2CCN3CCN4CCN(CC2)CC(=O)[O][Ga]([O]C(=O)C3)[O]C(=O)C4)cc1/C=C/c1cccc(-c2ccccc2)c1C. The van der Waals surface area contributed by atoms with Crippen molar-refractivity contribution in [2.45, 2.75) is 65.0 Å². The number of unbranched alkanes of at least 4 members (excludes halogenated alkanes) is 2. The van der Waals surface area contributed by atoms with Crippen LogP contribution >= 0.6 is 0 Å². The first-order valence-electron chi connectivity index (χ1n) is 22.6. The summed E-state index contributed by atoms with van der Waals surface area (Å²) in [5, 5.41) is 10.0. The first-order valence-corrected chi connectivity index (χ1v) is 25.6. The molecule has 4 saturated heterocycles. The molecule has 0 saturated carbocycles. The van der Waals surface area contributed by atoms with E-state index in [1.165, 1.54) is 16.7 Å². The van der Waals surface area contributed by atoms with E-state index in [9.17, 15) is 24.3 Å². The van der Waals surface area contributed by atoms with E-state index in [1.54, 1.807) is 0 Å². The number of carboxylic acids is 1. The maximum atomic E-state index is 13.0. The van der Waals surface area contributed by atoms with Crippen molar-refractivity contribution >= 4 is 53.3 Å². The maximum Gasteiger partial charge on any atom is -0.0121 e. The number of likely N-dealkylation sites (tertiary alicyclic amines) is 1. The van der Waals surface area contributed by atoms with E-state index >= 15 is 0 Å². The zero-order chi connectivity index (χ0) is 44.1. The van der Waals surface area contributed by atoms with Crippen LogP contribution in [-0.4, -0.2) is 169 Å². The van der Waals surface area contributed by atoms with Gasteiger partial charge in [-0.1, -0.05) is 73.2 Å². The van der Waals surface area contributed by atoms with Gasteiger partial charge in [-0.3, -0.25) is 9.69 Å². The van der Waals surface area contributed by atoms with E-state index in [4.69, 9.17) is 15.3 Å². The smallest absolute Gasteiger partial charge is 0.0121 e. The standard InChI is InChI=1S/C48H65N5O9.Ga/c1-36-30-41(32-53-20-9-7-16-43(53)48(60)61)44(31-40(36)18-17-38-14-11-15-42(37(38)2)39-12-5-3-6-13-39)62-29-10-4-8-19-49-21-23-50(33-45(54)55)25-27-52(35-47(58)59)28-26-51(24-22-49)34-46(56)57;/h3,5-6,11-15,17-18,30-31,43H,4,7-10,16,19-29,32-35H2,1-2H3,(H,54,55)(H,56,57)(H,58,59)(H,60,61);/q;+3/p-3/b18-17+;/t43-;/m0./s1. The van der Waals surface area contributed by atoms with Crippen LogP contribution in [0.1, 0.15) is 66.3 Å². The summed E-state index contributed by atoms with van der Waals surface area (Å²) in [5.41, 5.74) is 7.92. The fraction of sp³-hybridized carbons (Fsp3) is 0.500. The number of benzene rings is 3. The second-order valence-corrected chi connectivity index (χ2v) is 19.9. The molecule has 3 aromatic carbocycles. The van der Waals surface area contributed by atoms with Gasteiger partial charge >= 0.3 is 190 Å². The van der Waals surface area contributed by atoms with Crippen molar-refractivity contribution in [3.05, 3.63) is 88.5 Å². The molecule has 14 nitrogen and oxygen atoms in total. The Hall–Kier alpha value is -4.48. The quantitative estimate of drug-likeness (QED) is 0.140. The minimum Gasteiger partial charge on any atom is -0.0622 e. The molecule has 1 N–H and O–H groups in total. The third kappa shape index (κ3) is 13.5. The van der Waals surface area contributed by atoms with Crippen molar-refractivity contribution in [2.75, 3.05) is 91.7 Å². The van der Waals surface area contributed by atoms with Gasteiger partial charge in [-0.15, -0.1) is 0 Å². The van der Waals surface area contributed by atoms with E-state index in [-0.39, 0.29) is 19.6 Å². The number of carboxylic acid groups (broad SMARTS) is 1. The summed E-state index contributed by atoms with van der Waals surface area (Å²) < 4.78 is 23.0. The van der Waals surface area contributed by atoms with Gasteiger partial charge in [0.05, 0.1) is 0 Å². The molecule has 0 spiro atoms. The van der Waals surface area contributed by atoms with E-state index < -0.39 is 47.2 Å². The summed E-state index contributed by atoms with van der Waals surface area (Å²) in [4.78, 5) is 61.5. The first-order chi connectivity index (χ1) is 30.6. The number of nitrogens with zero attached hydrogens (tertiary/aromatic N) is 5. The van der Waals surface area contributed by atoms with Crippen LogP contribution < -0.4 is 4.74 Å². The molecule has 4 aliphatic rings. The van der Waals surface area contributed by atoms with Gasteiger partial charge in [0, 0.05) is 12.1 Å². The number of piperidine rings is 1. The van der Waals surface area contributed by atoms with Gasteiger partial charge in [0.2, 0.25) is 0 Å². The molecule has 0 aromatic heterocycles. The Morgan fingerprint density at radius 1 is 0.730 bits per heavy atom. The molecule has 0 radical (unpaired) electrons. The molecule has 3 atom stereocenters. The predicted molar refractivity (Wildman–Crippen MR) is 242 cm³/mol. The third-order valence-corrected chi connectivity index (χ3v) is 15.5. The van der Waals surface area contributed by atoms with Crippen molar-refractivity contribution in [1.82, 2.24) is 24.5 Å². The third-order valence-electron chi connectivity index (χ3n) is 12.7. The molecule has 4 heterocycles. The van der Waals surface area contributed by atoms with Crippen LogP contribution in [0, 0.1) is 13.8 Å². The van der Waals surface area contributed by atoms with Crippen LogP contribution in [0.2, 0.25) is 0 Å². The minimum atomic E-state index is -3.90. The maximum absolute atomic E-state index is 13.0. The fourth-order valence-corrected chi connectivity index (χ4v) is 11.1. The summed E-state index contributed by atoms with van der Waals surface area (Å²) in [6.45, 7) is 12.2. The van der Waals surface area contributed by atoms with Crippen molar-refractivity contribution < 1.29 is 39.6 Å². The molecule has 336 valence electrons. The topological polar surface area (TPSA) is 142 Å². The van der Waals surface area contributed by atoms with E-state index in [0.717, 1.165) is 86.3 Å². The number of ether oxygens (including phenoxy) is 1. The Labute approximate surface area is 377 Å². The predicted octanol–water partition coefficient (Wildman–Crippen LogP) is 4.99. The summed E-state index contributed by atoms with van der Waals surface area (Å²) >= 11 is -3.90. The van der Waals surface area contributed by atoms with Crippen LogP contribution in [0.15, 0.2) is 60.7 Å². The molecule has 4 bridgehead atoms. The number of fused-ring (bicyclic) bond motifs is 7.